The standard InChI is InChI=1S/C14H22/c1-6-13-12(3)8-7-11(2)9-10-14(13,4)5/h7-10,13H,6H2,1-5H3. The van der Waals surface area contributed by atoms with E-state index in [0.717, 1.165) is 0 Å². The van der Waals surface area contributed by atoms with Crippen LogP contribution in [0.2, 0.25) is 0 Å². The van der Waals surface area contributed by atoms with Crippen molar-refractivity contribution in [2.45, 2.75) is 41.0 Å². The molecule has 1 aliphatic rings. The smallest absolute Gasteiger partial charge is 0.0106 e. The van der Waals surface area contributed by atoms with Crippen molar-refractivity contribution in [1.29, 1.82) is 0 Å². The molecule has 0 heteroatoms. The molecule has 14 heavy (non-hydrogen) atoms. The zero-order valence-electron chi connectivity index (χ0n) is 10.1. The van der Waals surface area contributed by atoms with Crippen LogP contribution < -0.4 is 0 Å². The molecule has 0 N–H and O–H groups in total. The highest BCUT2D eigenvalue weighted by Gasteiger charge is 2.26. The first kappa shape index (κ1) is 11.3. The van der Waals surface area contributed by atoms with Gasteiger partial charge in [-0.1, -0.05) is 56.2 Å². The van der Waals surface area contributed by atoms with Crippen molar-refractivity contribution < 1.29 is 0 Å². The molecule has 1 unspecified atom stereocenters. The summed E-state index contributed by atoms with van der Waals surface area (Å²) in [6.07, 6.45) is 10.3. The summed E-state index contributed by atoms with van der Waals surface area (Å²) in [7, 11) is 0. The van der Waals surface area contributed by atoms with Crippen molar-refractivity contribution in [3.63, 3.8) is 0 Å². The van der Waals surface area contributed by atoms with Gasteiger partial charge in [-0.05, 0) is 31.6 Å². The molecular formula is C14H22. The zero-order valence-corrected chi connectivity index (χ0v) is 10.1. The van der Waals surface area contributed by atoms with Gasteiger partial charge in [0.2, 0.25) is 0 Å². The molecule has 1 atom stereocenters. The van der Waals surface area contributed by atoms with Gasteiger partial charge in [0.05, 0.1) is 0 Å². The van der Waals surface area contributed by atoms with Crippen molar-refractivity contribution in [3.05, 3.63) is 35.5 Å². The molecule has 1 rings (SSSR count). The quantitative estimate of drug-likeness (QED) is 0.571. The van der Waals surface area contributed by atoms with E-state index in [1.165, 1.54) is 17.6 Å². The lowest BCUT2D eigenvalue weighted by atomic mass is 9.72. The van der Waals surface area contributed by atoms with Crippen LogP contribution in [0.4, 0.5) is 0 Å². The normalized spacial score (nSPS) is 26.2. The average molecular weight is 190 g/mol. The largest absolute Gasteiger partial charge is 0.0780 e. The summed E-state index contributed by atoms with van der Waals surface area (Å²) >= 11 is 0. The highest BCUT2D eigenvalue weighted by molar-refractivity contribution is 5.29. The molecule has 0 radical (unpaired) electrons. The first-order chi connectivity index (χ1) is 6.47. The minimum absolute atomic E-state index is 0.283. The topological polar surface area (TPSA) is 0 Å². The molecule has 0 saturated carbocycles. The Morgan fingerprint density at radius 1 is 1.21 bits per heavy atom. The predicted octanol–water partition coefficient (Wildman–Crippen LogP) is 4.50. The number of hydrogen-bond acceptors (Lipinski definition) is 0. The lowest BCUT2D eigenvalue weighted by Gasteiger charge is -2.32. The fourth-order valence-corrected chi connectivity index (χ4v) is 2.33. The van der Waals surface area contributed by atoms with Crippen molar-refractivity contribution >= 4 is 0 Å². The highest BCUT2D eigenvalue weighted by atomic mass is 14.3. The van der Waals surface area contributed by atoms with Crippen LogP contribution in [-0.4, -0.2) is 0 Å². The SMILES string of the molecule is CCC1C(C)=CC=C(C)C=CC1(C)C. The number of rotatable bonds is 1. The Morgan fingerprint density at radius 2 is 1.86 bits per heavy atom. The van der Waals surface area contributed by atoms with E-state index in [1.54, 1.807) is 0 Å². The Labute approximate surface area is 88.4 Å². The molecule has 0 aromatic rings. The Balaban J connectivity index is 3.12. The second-order valence-corrected chi connectivity index (χ2v) is 4.94. The average Bonchev–Trinajstić information content (AvgIpc) is 2.11. The fraction of sp³-hybridized carbons (Fsp3) is 0.571. The van der Waals surface area contributed by atoms with Gasteiger partial charge in [-0.2, -0.15) is 0 Å². The monoisotopic (exact) mass is 190 g/mol. The lowest BCUT2D eigenvalue weighted by Crippen LogP contribution is -2.22. The summed E-state index contributed by atoms with van der Waals surface area (Å²) in [5.41, 5.74) is 3.12. The summed E-state index contributed by atoms with van der Waals surface area (Å²) < 4.78 is 0. The molecule has 0 aromatic carbocycles. The summed E-state index contributed by atoms with van der Waals surface area (Å²) in [6, 6.07) is 0. The molecule has 0 spiro atoms. The van der Waals surface area contributed by atoms with Crippen LogP contribution in [0.3, 0.4) is 0 Å². The predicted molar refractivity (Wildman–Crippen MR) is 64.2 cm³/mol. The van der Waals surface area contributed by atoms with E-state index < -0.39 is 0 Å². The number of hydrogen-bond donors (Lipinski definition) is 0. The van der Waals surface area contributed by atoms with Gasteiger partial charge < -0.3 is 0 Å². The van der Waals surface area contributed by atoms with E-state index >= 15 is 0 Å². The van der Waals surface area contributed by atoms with Crippen LogP contribution in [0.1, 0.15) is 41.0 Å². The van der Waals surface area contributed by atoms with Crippen LogP contribution in [0, 0.1) is 11.3 Å². The van der Waals surface area contributed by atoms with E-state index in [-0.39, 0.29) is 5.41 Å². The summed E-state index contributed by atoms with van der Waals surface area (Å²) in [4.78, 5) is 0. The van der Waals surface area contributed by atoms with Crippen LogP contribution in [-0.2, 0) is 0 Å². The second-order valence-electron chi connectivity index (χ2n) is 4.94. The molecule has 78 valence electrons. The molecule has 0 heterocycles. The molecule has 0 fully saturated rings. The van der Waals surface area contributed by atoms with E-state index in [9.17, 15) is 0 Å². The van der Waals surface area contributed by atoms with Gasteiger partial charge in [0.15, 0.2) is 0 Å². The second kappa shape index (κ2) is 4.16. The van der Waals surface area contributed by atoms with E-state index in [2.05, 4.69) is 58.9 Å². The molecule has 0 aromatic heterocycles. The summed E-state index contributed by atoms with van der Waals surface area (Å²) in [5, 5.41) is 0. The third-order valence-corrected chi connectivity index (χ3v) is 3.24. The van der Waals surface area contributed by atoms with E-state index in [1.807, 2.05) is 0 Å². The zero-order chi connectivity index (χ0) is 10.8. The van der Waals surface area contributed by atoms with Crippen molar-refractivity contribution in [3.8, 4) is 0 Å². The maximum absolute atomic E-state index is 2.35. The highest BCUT2D eigenvalue weighted by Crippen LogP contribution is 2.37. The van der Waals surface area contributed by atoms with Crippen molar-refractivity contribution in [1.82, 2.24) is 0 Å². The molecule has 0 aliphatic heterocycles. The van der Waals surface area contributed by atoms with Gasteiger partial charge in [0.1, 0.15) is 0 Å². The van der Waals surface area contributed by atoms with E-state index in [0.29, 0.717) is 5.92 Å². The van der Waals surface area contributed by atoms with Gasteiger partial charge in [-0.3, -0.25) is 0 Å². The minimum atomic E-state index is 0.283. The molecule has 0 bridgehead atoms. The first-order valence-corrected chi connectivity index (χ1v) is 5.51. The lowest BCUT2D eigenvalue weighted by molar-refractivity contribution is 0.317. The van der Waals surface area contributed by atoms with Crippen molar-refractivity contribution in [2.75, 3.05) is 0 Å². The fourth-order valence-electron chi connectivity index (χ4n) is 2.33. The maximum Gasteiger partial charge on any atom is -0.0106 e. The third kappa shape index (κ3) is 2.37. The van der Waals surface area contributed by atoms with Gasteiger partial charge in [0.25, 0.3) is 0 Å². The van der Waals surface area contributed by atoms with E-state index in [4.69, 9.17) is 0 Å². The maximum atomic E-state index is 2.35. The molecule has 0 amide bonds. The molecular weight excluding hydrogens is 168 g/mol. The van der Waals surface area contributed by atoms with Crippen molar-refractivity contribution in [2.24, 2.45) is 11.3 Å². The van der Waals surface area contributed by atoms with Gasteiger partial charge in [-0.25, -0.2) is 0 Å². The summed E-state index contributed by atoms with van der Waals surface area (Å²) in [6.45, 7) is 11.3. The minimum Gasteiger partial charge on any atom is -0.0780 e. The van der Waals surface area contributed by atoms with Crippen LogP contribution in [0.25, 0.3) is 0 Å². The summed E-state index contributed by atoms with van der Waals surface area (Å²) in [5.74, 6) is 0.670. The van der Waals surface area contributed by atoms with Crippen LogP contribution >= 0.6 is 0 Å². The van der Waals surface area contributed by atoms with Crippen LogP contribution in [0.5, 0.6) is 0 Å². The Kier molecular flexibility index (Phi) is 3.36. The Bertz CT molecular complexity index is 287. The molecule has 1 aliphatic carbocycles. The Hall–Kier alpha value is -0.780. The number of allylic oxidation sites excluding steroid dienone is 6. The van der Waals surface area contributed by atoms with Gasteiger partial charge in [0, 0.05) is 0 Å². The Morgan fingerprint density at radius 3 is 2.43 bits per heavy atom. The van der Waals surface area contributed by atoms with Gasteiger partial charge >= 0.3 is 0 Å². The molecule has 0 nitrogen and oxygen atoms in total. The molecule has 0 saturated heterocycles. The first-order valence-electron chi connectivity index (χ1n) is 5.51. The van der Waals surface area contributed by atoms with Gasteiger partial charge in [-0.15, -0.1) is 0 Å². The third-order valence-electron chi connectivity index (χ3n) is 3.24. The van der Waals surface area contributed by atoms with Crippen LogP contribution in [0.15, 0.2) is 35.5 Å².